The van der Waals surface area contributed by atoms with Gasteiger partial charge in [0.25, 0.3) is 0 Å². The van der Waals surface area contributed by atoms with Crippen LogP contribution in [0.2, 0.25) is 0 Å². The minimum atomic E-state index is -0.149. The van der Waals surface area contributed by atoms with Gasteiger partial charge in [0.15, 0.2) is 0 Å². The third-order valence-electron chi connectivity index (χ3n) is 5.24. The second-order valence-corrected chi connectivity index (χ2v) is 7.56. The molecule has 1 aliphatic heterocycles. The Kier molecular flexibility index (Phi) is 4.26. The molecular formula is C19H29NO. The van der Waals surface area contributed by atoms with E-state index in [1.165, 1.54) is 37.7 Å². The molecule has 3 rings (SSSR count). The number of benzene rings is 1. The lowest BCUT2D eigenvalue weighted by Crippen LogP contribution is -2.40. The van der Waals surface area contributed by atoms with Gasteiger partial charge < -0.3 is 10.1 Å². The van der Waals surface area contributed by atoms with Gasteiger partial charge in [-0.1, -0.05) is 44.4 Å². The fourth-order valence-corrected chi connectivity index (χ4v) is 4.14. The van der Waals surface area contributed by atoms with E-state index < -0.39 is 0 Å². The lowest BCUT2D eigenvalue weighted by Gasteiger charge is -2.30. The number of rotatable bonds is 4. The van der Waals surface area contributed by atoms with E-state index in [2.05, 4.69) is 50.4 Å². The molecule has 1 aliphatic carbocycles. The Bertz CT molecular complexity index is 482. The fraction of sp³-hybridized carbons (Fsp3) is 0.684. The maximum absolute atomic E-state index is 6.10. The van der Waals surface area contributed by atoms with Crippen molar-refractivity contribution in [1.29, 1.82) is 0 Å². The van der Waals surface area contributed by atoms with Crippen molar-refractivity contribution in [1.82, 2.24) is 5.32 Å². The summed E-state index contributed by atoms with van der Waals surface area (Å²) in [5.74, 6) is 2.89. The Morgan fingerprint density at radius 2 is 2.05 bits per heavy atom. The van der Waals surface area contributed by atoms with Crippen molar-refractivity contribution in [3.05, 3.63) is 29.8 Å². The van der Waals surface area contributed by atoms with Crippen LogP contribution >= 0.6 is 0 Å². The van der Waals surface area contributed by atoms with Crippen LogP contribution in [0, 0.1) is 11.8 Å². The van der Waals surface area contributed by atoms with Gasteiger partial charge in [0.1, 0.15) is 11.4 Å². The maximum Gasteiger partial charge on any atom is 0.125 e. The summed E-state index contributed by atoms with van der Waals surface area (Å²) in [5, 5.41) is 3.77. The molecule has 3 unspecified atom stereocenters. The van der Waals surface area contributed by atoms with E-state index in [1.54, 1.807) is 0 Å². The molecule has 1 N–H and O–H groups in total. The molecule has 0 spiro atoms. The molecule has 1 fully saturated rings. The summed E-state index contributed by atoms with van der Waals surface area (Å²) in [4.78, 5) is 0. The summed E-state index contributed by atoms with van der Waals surface area (Å²) in [5.41, 5.74) is 1.17. The number of fused-ring (bicyclic) bond motifs is 1. The Morgan fingerprint density at radius 3 is 2.86 bits per heavy atom. The third kappa shape index (κ3) is 3.26. The summed E-state index contributed by atoms with van der Waals surface area (Å²) in [6, 6.07) is 8.77. The average Bonchev–Trinajstić information content (AvgIpc) is 2.70. The van der Waals surface area contributed by atoms with Crippen LogP contribution in [0.5, 0.6) is 5.75 Å². The highest BCUT2D eigenvalue weighted by Crippen LogP contribution is 2.42. The van der Waals surface area contributed by atoms with Crippen LogP contribution in [0.3, 0.4) is 0 Å². The van der Waals surface area contributed by atoms with Crippen LogP contribution in [0.4, 0.5) is 0 Å². The van der Waals surface area contributed by atoms with Crippen molar-refractivity contribution in [2.24, 2.45) is 11.8 Å². The average molecular weight is 287 g/mol. The topological polar surface area (TPSA) is 21.3 Å². The van der Waals surface area contributed by atoms with E-state index in [1.807, 2.05) is 0 Å². The normalized spacial score (nSPS) is 30.7. The first kappa shape index (κ1) is 14.9. The molecule has 2 nitrogen and oxygen atoms in total. The van der Waals surface area contributed by atoms with Gasteiger partial charge in [-0.05, 0) is 51.1 Å². The SMILES string of the molecule is CC1CCCC(CCNC2c3ccccc3OC2(C)C)C1. The van der Waals surface area contributed by atoms with Crippen LogP contribution in [0.25, 0.3) is 0 Å². The molecular weight excluding hydrogens is 258 g/mol. The highest BCUT2D eigenvalue weighted by atomic mass is 16.5. The number of ether oxygens (including phenoxy) is 1. The summed E-state index contributed by atoms with van der Waals surface area (Å²) in [6.07, 6.45) is 7.00. The van der Waals surface area contributed by atoms with Crippen molar-refractivity contribution in [2.45, 2.75) is 64.5 Å². The molecule has 21 heavy (non-hydrogen) atoms. The van der Waals surface area contributed by atoms with Gasteiger partial charge in [0.2, 0.25) is 0 Å². The third-order valence-corrected chi connectivity index (χ3v) is 5.24. The summed E-state index contributed by atoms with van der Waals surface area (Å²) in [6.45, 7) is 7.88. The standard InChI is InChI=1S/C19H29NO/c1-14-7-6-8-15(13-14)11-12-20-18-16-9-4-5-10-17(16)21-19(18,2)3/h4-5,9-10,14-15,18,20H,6-8,11-13H2,1-3H3. The molecule has 1 heterocycles. The van der Waals surface area contributed by atoms with E-state index in [9.17, 15) is 0 Å². The van der Waals surface area contributed by atoms with Crippen LogP contribution in [0.1, 0.15) is 64.5 Å². The quantitative estimate of drug-likeness (QED) is 0.866. The molecule has 0 saturated heterocycles. The van der Waals surface area contributed by atoms with Gasteiger partial charge >= 0.3 is 0 Å². The fourth-order valence-electron chi connectivity index (χ4n) is 4.14. The first-order valence-electron chi connectivity index (χ1n) is 8.57. The molecule has 0 amide bonds. The molecule has 116 valence electrons. The van der Waals surface area contributed by atoms with Crippen molar-refractivity contribution in [3.8, 4) is 5.75 Å². The highest BCUT2D eigenvalue weighted by molar-refractivity contribution is 5.42. The summed E-state index contributed by atoms with van der Waals surface area (Å²) < 4.78 is 6.10. The molecule has 2 heteroatoms. The van der Waals surface area contributed by atoms with Crippen LogP contribution in [0.15, 0.2) is 24.3 Å². The zero-order chi connectivity index (χ0) is 14.9. The van der Waals surface area contributed by atoms with Gasteiger partial charge in [-0.25, -0.2) is 0 Å². The first-order chi connectivity index (χ1) is 10.1. The first-order valence-corrected chi connectivity index (χ1v) is 8.57. The van der Waals surface area contributed by atoms with Gasteiger partial charge in [0, 0.05) is 5.56 Å². The van der Waals surface area contributed by atoms with Crippen molar-refractivity contribution in [2.75, 3.05) is 6.54 Å². The van der Waals surface area contributed by atoms with Crippen molar-refractivity contribution < 1.29 is 4.74 Å². The predicted molar refractivity (Wildman–Crippen MR) is 87.6 cm³/mol. The molecule has 3 atom stereocenters. The van der Waals surface area contributed by atoms with Gasteiger partial charge in [-0.15, -0.1) is 0 Å². The highest BCUT2D eigenvalue weighted by Gasteiger charge is 2.40. The zero-order valence-electron chi connectivity index (χ0n) is 13.7. The van der Waals surface area contributed by atoms with Gasteiger partial charge in [0.05, 0.1) is 6.04 Å². The van der Waals surface area contributed by atoms with Gasteiger partial charge in [-0.2, -0.15) is 0 Å². The molecule has 0 bridgehead atoms. The Morgan fingerprint density at radius 1 is 1.24 bits per heavy atom. The molecule has 2 aliphatic rings. The Hall–Kier alpha value is -1.02. The molecule has 1 aromatic carbocycles. The summed E-state index contributed by atoms with van der Waals surface area (Å²) in [7, 11) is 0. The minimum Gasteiger partial charge on any atom is -0.486 e. The van der Waals surface area contributed by atoms with Gasteiger partial charge in [-0.3, -0.25) is 0 Å². The second kappa shape index (κ2) is 6.00. The van der Waals surface area contributed by atoms with E-state index in [0.717, 1.165) is 24.1 Å². The molecule has 1 saturated carbocycles. The van der Waals surface area contributed by atoms with Crippen molar-refractivity contribution >= 4 is 0 Å². The molecule has 0 radical (unpaired) electrons. The number of hydrogen-bond donors (Lipinski definition) is 1. The smallest absolute Gasteiger partial charge is 0.125 e. The molecule has 0 aromatic heterocycles. The van der Waals surface area contributed by atoms with E-state index in [0.29, 0.717) is 6.04 Å². The zero-order valence-corrected chi connectivity index (χ0v) is 13.7. The second-order valence-electron chi connectivity index (χ2n) is 7.56. The predicted octanol–water partition coefficient (Wildman–Crippen LogP) is 4.70. The van der Waals surface area contributed by atoms with Crippen molar-refractivity contribution in [3.63, 3.8) is 0 Å². The van der Waals surface area contributed by atoms with E-state index in [4.69, 9.17) is 4.74 Å². The summed E-state index contributed by atoms with van der Waals surface area (Å²) >= 11 is 0. The monoisotopic (exact) mass is 287 g/mol. The molecule has 1 aromatic rings. The van der Waals surface area contributed by atoms with Crippen LogP contribution in [-0.4, -0.2) is 12.1 Å². The number of nitrogens with one attached hydrogen (secondary N) is 1. The lowest BCUT2D eigenvalue weighted by molar-refractivity contribution is 0.0952. The van der Waals surface area contributed by atoms with E-state index >= 15 is 0 Å². The number of para-hydroxylation sites is 1. The van der Waals surface area contributed by atoms with Crippen LogP contribution in [-0.2, 0) is 0 Å². The van der Waals surface area contributed by atoms with Crippen LogP contribution < -0.4 is 10.1 Å². The largest absolute Gasteiger partial charge is 0.486 e. The van der Waals surface area contributed by atoms with E-state index in [-0.39, 0.29) is 5.60 Å². The Labute approximate surface area is 129 Å². The minimum absolute atomic E-state index is 0.149. The lowest BCUT2D eigenvalue weighted by atomic mass is 9.81. The number of hydrogen-bond acceptors (Lipinski definition) is 2. The Balaban J connectivity index is 1.57. The maximum atomic E-state index is 6.10.